The molecular formula is C11H15BrN2. The zero-order chi connectivity index (χ0) is 10.3. The summed E-state index contributed by atoms with van der Waals surface area (Å²) in [6, 6.07) is 6.48. The van der Waals surface area contributed by atoms with Crippen LogP contribution >= 0.6 is 15.9 Å². The molecule has 2 nitrogen and oxygen atoms in total. The Morgan fingerprint density at radius 1 is 1.50 bits per heavy atom. The van der Waals surface area contributed by atoms with Crippen LogP contribution < -0.4 is 11.1 Å². The van der Waals surface area contributed by atoms with Crippen molar-refractivity contribution in [3.05, 3.63) is 22.7 Å². The molecular weight excluding hydrogens is 240 g/mol. The molecule has 0 aromatic heterocycles. The van der Waals surface area contributed by atoms with Gasteiger partial charge in [0.1, 0.15) is 0 Å². The molecule has 1 aromatic carbocycles. The summed E-state index contributed by atoms with van der Waals surface area (Å²) in [5.74, 6) is 0. The number of benzene rings is 1. The molecule has 1 unspecified atom stereocenters. The number of nitrogens with two attached hydrogens (primary N) is 1. The van der Waals surface area contributed by atoms with Gasteiger partial charge in [-0.3, -0.25) is 0 Å². The fourth-order valence-electron chi connectivity index (χ4n) is 1.55. The molecule has 1 fully saturated rings. The lowest BCUT2D eigenvalue weighted by Gasteiger charge is -2.11. The largest absolute Gasteiger partial charge is 0.397 e. The summed E-state index contributed by atoms with van der Waals surface area (Å²) in [6.07, 6.45) is 1.22. The van der Waals surface area contributed by atoms with Crippen molar-refractivity contribution in [3.63, 3.8) is 0 Å². The summed E-state index contributed by atoms with van der Waals surface area (Å²) in [7, 11) is 0. The van der Waals surface area contributed by atoms with Crippen molar-refractivity contribution >= 4 is 27.3 Å². The van der Waals surface area contributed by atoms with E-state index in [2.05, 4.69) is 35.1 Å². The molecule has 0 bridgehead atoms. The van der Waals surface area contributed by atoms with Crippen molar-refractivity contribution in [2.24, 2.45) is 5.41 Å². The number of anilines is 2. The summed E-state index contributed by atoms with van der Waals surface area (Å²) in [5, 5.41) is 3.46. The van der Waals surface area contributed by atoms with Crippen LogP contribution in [-0.2, 0) is 0 Å². The highest BCUT2D eigenvalue weighted by Crippen LogP contribution is 2.47. The molecule has 0 spiro atoms. The van der Waals surface area contributed by atoms with Crippen molar-refractivity contribution < 1.29 is 0 Å². The molecule has 3 heteroatoms. The molecule has 0 radical (unpaired) electrons. The van der Waals surface area contributed by atoms with Gasteiger partial charge in [-0.05, 0) is 30.0 Å². The Balaban J connectivity index is 2.13. The highest BCUT2D eigenvalue weighted by Gasteiger charge is 2.45. The standard InChI is InChI=1S/C11H15BrN2/c1-11(2)6-10(11)14-9-5-7(12)3-4-8(9)13/h3-5,10,14H,6,13H2,1-2H3. The van der Waals surface area contributed by atoms with Gasteiger partial charge in [0.15, 0.2) is 0 Å². The van der Waals surface area contributed by atoms with Gasteiger partial charge >= 0.3 is 0 Å². The Hall–Kier alpha value is -0.700. The van der Waals surface area contributed by atoms with E-state index in [-0.39, 0.29) is 0 Å². The van der Waals surface area contributed by atoms with Crippen LogP contribution in [0, 0.1) is 5.41 Å². The van der Waals surface area contributed by atoms with E-state index in [1.54, 1.807) is 0 Å². The Morgan fingerprint density at radius 2 is 2.14 bits per heavy atom. The first-order valence-electron chi connectivity index (χ1n) is 4.80. The molecule has 1 atom stereocenters. The topological polar surface area (TPSA) is 38.0 Å². The number of nitrogens with one attached hydrogen (secondary N) is 1. The van der Waals surface area contributed by atoms with E-state index in [1.807, 2.05) is 18.2 Å². The molecule has 2 rings (SSSR count). The van der Waals surface area contributed by atoms with Gasteiger partial charge in [-0.1, -0.05) is 29.8 Å². The molecule has 0 heterocycles. The Bertz CT molecular complexity index is 360. The molecule has 1 aromatic rings. The van der Waals surface area contributed by atoms with Gasteiger partial charge in [0.05, 0.1) is 11.4 Å². The number of nitrogen functional groups attached to an aromatic ring is 1. The van der Waals surface area contributed by atoms with Gasteiger partial charge in [0, 0.05) is 10.5 Å². The smallest absolute Gasteiger partial charge is 0.0587 e. The second-order valence-corrected chi connectivity index (χ2v) is 5.54. The second-order valence-electron chi connectivity index (χ2n) is 4.62. The number of hydrogen-bond acceptors (Lipinski definition) is 2. The van der Waals surface area contributed by atoms with Crippen molar-refractivity contribution in [1.82, 2.24) is 0 Å². The van der Waals surface area contributed by atoms with E-state index in [0.29, 0.717) is 11.5 Å². The van der Waals surface area contributed by atoms with Crippen molar-refractivity contribution in [2.45, 2.75) is 26.3 Å². The molecule has 1 aliphatic rings. The van der Waals surface area contributed by atoms with Crippen molar-refractivity contribution in [3.8, 4) is 0 Å². The van der Waals surface area contributed by atoms with Gasteiger partial charge in [0.25, 0.3) is 0 Å². The van der Waals surface area contributed by atoms with E-state index in [1.165, 1.54) is 6.42 Å². The van der Waals surface area contributed by atoms with Crippen LogP contribution in [0.5, 0.6) is 0 Å². The maximum atomic E-state index is 5.87. The van der Waals surface area contributed by atoms with E-state index < -0.39 is 0 Å². The zero-order valence-electron chi connectivity index (χ0n) is 8.47. The average molecular weight is 255 g/mol. The highest BCUT2D eigenvalue weighted by atomic mass is 79.9. The zero-order valence-corrected chi connectivity index (χ0v) is 10.1. The summed E-state index contributed by atoms with van der Waals surface area (Å²) < 4.78 is 1.06. The SMILES string of the molecule is CC1(C)CC1Nc1cc(Br)ccc1N. The minimum atomic E-state index is 0.425. The molecule has 0 saturated heterocycles. The first kappa shape index (κ1) is 9.84. The van der Waals surface area contributed by atoms with Crippen LogP contribution in [0.3, 0.4) is 0 Å². The minimum absolute atomic E-state index is 0.425. The monoisotopic (exact) mass is 254 g/mol. The molecule has 14 heavy (non-hydrogen) atoms. The molecule has 76 valence electrons. The molecule has 1 aliphatic carbocycles. The van der Waals surface area contributed by atoms with Crippen LogP contribution in [0.1, 0.15) is 20.3 Å². The number of rotatable bonds is 2. The lowest BCUT2D eigenvalue weighted by Crippen LogP contribution is -2.09. The molecule has 0 aliphatic heterocycles. The van der Waals surface area contributed by atoms with E-state index >= 15 is 0 Å². The summed E-state index contributed by atoms with van der Waals surface area (Å²) in [4.78, 5) is 0. The first-order valence-corrected chi connectivity index (χ1v) is 5.60. The van der Waals surface area contributed by atoms with Crippen LogP contribution in [0.25, 0.3) is 0 Å². The third-order valence-electron chi connectivity index (χ3n) is 2.86. The van der Waals surface area contributed by atoms with E-state index in [0.717, 1.165) is 15.8 Å². The van der Waals surface area contributed by atoms with Crippen molar-refractivity contribution in [2.75, 3.05) is 11.1 Å². The predicted octanol–water partition coefficient (Wildman–Crippen LogP) is 3.24. The van der Waals surface area contributed by atoms with Crippen LogP contribution in [0.15, 0.2) is 22.7 Å². The number of halogens is 1. The first-order chi connectivity index (χ1) is 6.49. The van der Waals surface area contributed by atoms with Gasteiger partial charge < -0.3 is 11.1 Å². The van der Waals surface area contributed by atoms with E-state index in [9.17, 15) is 0 Å². The van der Waals surface area contributed by atoms with Crippen molar-refractivity contribution in [1.29, 1.82) is 0 Å². The molecule has 0 amide bonds. The number of hydrogen-bond donors (Lipinski definition) is 2. The maximum Gasteiger partial charge on any atom is 0.0587 e. The Morgan fingerprint density at radius 3 is 2.71 bits per heavy atom. The minimum Gasteiger partial charge on any atom is -0.397 e. The normalized spacial score (nSPS) is 23.2. The van der Waals surface area contributed by atoms with E-state index in [4.69, 9.17) is 5.73 Å². The quantitative estimate of drug-likeness (QED) is 0.796. The second kappa shape index (κ2) is 3.16. The third kappa shape index (κ3) is 1.87. The highest BCUT2D eigenvalue weighted by molar-refractivity contribution is 9.10. The average Bonchev–Trinajstić information content (AvgIpc) is 2.67. The Labute approximate surface area is 93.0 Å². The van der Waals surface area contributed by atoms with Gasteiger partial charge in [-0.25, -0.2) is 0 Å². The van der Waals surface area contributed by atoms with Crippen LogP contribution in [-0.4, -0.2) is 6.04 Å². The van der Waals surface area contributed by atoms with Crippen LogP contribution in [0.2, 0.25) is 0 Å². The Kier molecular flexibility index (Phi) is 2.22. The van der Waals surface area contributed by atoms with Crippen LogP contribution in [0.4, 0.5) is 11.4 Å². The van der Waals surface area contributed by atoms with Gasteiger partial charge in [-0.15, -0.1) is 0 Å². The summed E-state index contributed by atoms with van der Waals surface area (Å²) in [5.41, 5.74) is 8.15. The lowest BCUT2D eigenvalue weighted by molar-refractivity contribution is 0.631. The predicted molar refractivity (Wildman–Crippen MR) is 64.4 cm³/mol. The summed E-state index contributed by atoms with van der Waals surface area (Å²) >= 11 is 3.44. The molecule has 1 saturated carbocycles. The maximum absolute atomic E-state index is 5.87. The fourth-order valence-corrected chi connectivity index (χ4v) is 1.92. The van der Waals surface area contributed by atoms with Gasteiger partial charge in [-0.2, -0.15) is 0 Å². The molecule has 3 N–H and O–H groups in total. The summed E-state index contributed by atoms with van der Waals surface area (Å²) in [6.45, 7) is 4.53. The fraction of sp³-hybridized carbons (Fsp3) is 0.455. The lowest BCUT2D eigenvalue weighted by atomic mass is 10.2. The third-order valence-corrected chi connectivity index (χ3v) is 3.35. The van der Waals surface area contributed by atoms with Gasteiger partial charge in [0.2, 0.25) is 0 Å².